The maximum absolute atomic E-state index is 11.5. The van der Waals surface area contributed by atoms with Gasteiger partial charge in [0.15, 0.2) is 0 Å². The fourth-order valence-corrected chi connectivity index (χ4v) is 3.73. The molecule has 0 fully saturated rings. The normalized spacial score (nSPS) is 12.9. The van der Waals surface area contributed by atoms with Gasteiger partial charge in [-0.3, -0.25) is 4.79 Å². The fraction of sp³-hybridized carbons (Fsp3) is 0.235. The third kappa shape index (κ3) is 2.79. The number of carbonyl (C=O) groups excluding carboxylic acids is 1. The summed E-state index contributed by atoms with van der Waals surface area (Å²) in [5, 5.41) is 0. The Balaban J connectivity index is 2.04. The van der Waals surface area contributed by atoms with E-state index in [1.807, 2.05) is 0 Å². The largest absolute Gasteiger partial charge is 0.469 e. The molecule has 2 aromatic carbocycles. The Labute approximate surface area is 140 Å². The van der Waals surface area contributed by atoms with E-state index >= 15 is 0 Å². The molecule has 0 heterocycles. The Bertz CT molecular complexity index is 658. The summed E-state index contributed by atoms with van der Waals surface area (Å²) < 4.78 is 6.91. The molecule has 108 valence electrons. The number of halogens is 2. The summed E-state index contributed by atoms with van der Waals surface area (Å²) in [4.78, 5) is 11.5. The molecule has 1 aliphatic rings. The second-order valence-electron chi connectivity index (χ2n) is 5.13. The van der Waals surface area contributed by atoms with Gasteiger partial charge in [0.05, 0.1) is 7.11 Å². The van der Waals surface area contributed by atoms with Gasteiger partial charge in [0, 0.05) is 21.3 Å². The van der Waals surface area contributed by atoms with E-state index in [2.05, 4.69) is 68.3 Å². The minimum Gasteiger partial charge on any atom is -0.469 e. The summed E-state index contributed by atoms with van der Waals surface area (Å²) in [6.45, 7) is 0. The lowest BCUT2D eigenvalue weighted by Gasteiger charge is -2.13. The van der Waals surface area contributed by atoms with Gasteiger partial charge in [-0.15, -0.1) is 0 Å². The zero-order valence-corrected chi connectivity index (χ0v) is 14.7. The molecule has 3 rings (SSSR count). The molecule has 0 radical (unpaired) electrons. The van der Waals surface area contributed by atoms with Gasteiger partial charge < -0.3 is 4.74 Å². The smallest absolute Gasteiger partial charge is 0.305 e. The van der Waals surface area contributed by atoms with E-state index in [9.17, 15) is 4.79 Å². The highest BCUT2D eigenvalue weighted by Gasteiger charge is 2.29. The van der Waals surface area contributed by atoms with Crippen molar-refractivity contribution in [3.05, 3.63) is 56.5 Å². The van der Waals surface area contributed by atoms with Crippen LogP contribution in [0.2, 0.25) is 0 Å². The Morgan fingerprint density at radius 3 is 2.05 bits per heavy atom. The van der Waals surface area contributed by atoms with E-state index in [-0.39, 0.29) is 11.9 Å². The molecule has 0 atom stereocenters. The van der Waals surface area contributed by atoms with E-state index in [0.717, 1.165) is 15.4 Å². The first kappa shape index (κ1) is 14.8. The number of methoxy groups -OCH3 is 1. The van der Waals surface area contributed by atoms with Gasteiger partial charge in [0.1, 0.15) is 0 Å². The molecule has 0 aliphatic heterocycles. The number of rotatable bonds is 3. The summed E-state index contributed by atoms with van der Waals surface area (Å²) in [7, 11) is 1.44. The topological polar surface area (TPSA) is 26.3 Å². The monoisotopic (exact) mass is 408 g/mol. The lowest BCUT2D eigenvalue weighted by Crippen LogP contribution is -2.04. The zero-order valence-electron chi connectivity index (χ0n) is 11.5. The predicted octanol–water partition coefficient (Wildman–Crippen LogP) is 5.28. The van der Waals surface area contributed by atoms with E-state index in [4.69, 9.17) is 4.74 Å². The second kappa shape index (κ2) is 5.93. The molecule has 0 spiro atoms. The van der Waals surface area contributed by atoms with Gasteiger partial charge in [-0.1, -0.05) is 44.0 Å². The highest BCUT2D eigenvalue weighted by Crippen LogP contribution is 2.48. The van der Waals surface area contributed by atoms with Crippen LogP contribution < -0.4 is 0 Å². The molecule has 21 heavy (non-hydrogen) atoms. The summed E-state index contributed by atoms with van der Waals surface area (Å²) in [6, 6.07) is 12.7. The lowest BCUT2D eigenvalue weighted by atomic mass is 9.92. The van der Waals surface area contributed by atoms with Crippen molar-refractivity contribution in [3.63, 3.8) is 0 Å². The third-order valence-electron chi connectivity index (χ3n) is 3.93. The second-order valence-corrected chi connectivity index (χ2v) is 6.96. The van der Waals surface area contributed by atoms with Crippen molar-refractivity contribution >= 4 is 37.8 Å². The quantitative estimate of drug-likeness (QED) is 0.644. The highest BCUT2D eigenvalue weighted by atomic mass is 79.9. The van der Waals surface area contributed by atoms with Crippen LogP contribution >= 0.6 is 31.9 Å². The van der Waals surface area contributed by atoms with Crippen LogP contribution in [0.4, 0.5) is 0 Å². The summed E-state index contributed by atoms with van der Waals surface area (Å²) in [5.41, 5.74) is 5.08. The van der Waals surface area contributed by atoms with E-state index in [0.29, 0.717) is 6.42 Å². The number of esters is 1. The number of benzene rings is 2. The van der Waals surface area contributed by atoms with Gasteiger partial charge >= 0.3 is 5.97 Å². The van der Waals surface area contributed by atoms with Crippen molar-refractivity contribution in [2.75, 3.05) is 7.11 Å². The highest BCUT2D eigenvalue weighted by molar-refractivity contribution is 9.10. The maximum atomic E-state index is 11.5. The predicted molar refractivity (Wildman–Crippen MR) is 90.4 cm³/mol. The summed E-state index contributed by atoms with van der Waals surface area (Å²) in [5.74, 6) is 0.0825. The number of ether oxygens (including phenoxy) is 1. The molecule has 0 amide bonds. The Morgan fingerprint density at radius 2 is 1.57 bits per heavy atom. The number of fused-ring (bicyclic) bond motifs is 3. The summed E-state index contributed by atoms with van der Waals surface area (Å²) >= 11 is 7.09. The molecule has 0 saturated carbocycles. The average Bonchev–Trinajstić information content (AvgIpc) is 2.76. The number of hydrogen-bond donors (Lipinski definition) is 0. The minimum atomic E-state index is -0.157. The van der Waals surface area contributed by atoms with Crippen LogP contribution in [-0.2, 0) is 9.53 Å². The molecule has 0 unspecified atom stereocenters. The number of carbonyl (C=O) groups is 1. The molecule has 0 saturated heterocycles. The maximum Gasteiger partial charge on any atom is 0.305 e. The molecule has 0 N–H and O–H groups in total. The SMILES string of the molecule is COC(=O)CCC1c2cc(Br)ccc2-c2ccc(Br)cc21. The van der Waals surface area contributed by atoms with Gasteiger partial charge in [-0.25, -0.2) is 0 Å². The van der Waals surface area contributed by atoms with Gasteiger partial charge in [-0.05, 0) is 52.9 Å². The molecular weight excluding hydrogens is 396 g/mol. The van der Waals surface area contributed by atoms with Crippen LogP contribution in [0, 0.1) is 0 Å². The van der Waals surface area contributed by atoms with Crippen molar-refractivity contribution < 1.29 is 9.53 Å². The van der Waals surface area contributed by atoms with E-state index < -0.39 is 0 Å². The van der Waals surface area contributed by atoms with Crippen LogP contribution in [-0.4, -0.2) is 13.1 Å². The van der Waals surface area contributed by atoms with Gasteiger partial charge in [0.25, 0.3) is 0 Å². The minimum absolute atomic E-state index is 0.157. The van der Waals surface area contributed by atoms with Crippen molar-refractivity contribution in [3.8, 4) is 11.1 Å². The zero-order chi connectivity index (χ0) is 15.0. The van der Waals surface area contributed by atoms with Crippen LogP contribution in [0.5, 0.6) is 0 Å². The first-order chi connectivity index (χ1) is 10.1. The van der Waals surface area contributed by atoms with Crippen LogP contribution in [0.1, 0.15) is 29.9 Å². The van der Waals surface area contributed by atoms with Crippen molar-refractivity contribution in [2.24, 2.45) is 0 Å². The fourth-order valence-electron chi connectivity index (χ4n) is 2.98. The average molecular weight is 410 g/mol. The third-order valence-corrected chi connectivity index (χ3v) is 4.92. The molecule has 0 aromatic heterocycles. The molecule has 1 aliphatic carbocycles. The lowest BCUT2D eigenvalue weighted by molar-refractivity contribution is -0.140. The molecule has 2 aromatic rings. The first-order valence-corrected chi connectivity index (χ1v) is 8.35. The Kier molecular flexibility index (Phi) is 4.18. The van der Waals surface area contributed by atoms with Crippen LogP contribution in [0.15, 0.2) is 45.3 Å². The van der Waals surface area contributed by atoms with E-state index in [1.54, 1.807) is 0 Å². The molecule has 2 nitrogen and oxygen atoms in total. The summed E-state index contributed by atoms with van der Waals surface area (Å²) in [6.07, 6.45) is 1.19. The Hall–Kier alpha value is -1.13. The van der Waals surface area contributed by atoms with E-state index in [1.165, 1.54) is 29.4 Å². The van der Waals surface area contributed by atoms with Crippen molar-refractivity contribution in [1.29, 1.82) is 0 Å². The van der Waals surface area contributed by atoms with Crippen LogP contribution in [0.25, 0.3) is 11.1 Å². The molecule has 4 heteroatoms. The van der Waals surface area contributed by atoms with Crippen molar-refractivity contribution in [2.45, 2.75) is 18.8 Å². The molecule has 0 bridgehead atoms. The number of hydrogen-bond acceptors (Lipinski definition) is 2. The van der Waals surface area contributed by atoms with Gasteiger partial charge in [0.2, 0.25) is 0 Å². The van der Waals surface area contributed by atoms with Gasteiger partial charge in [-0.2, -0.15) is 0 Å². The standard InChI is InChI=1S/C17H14Br2O2/c1-21-17(20)7-6-14-15-8-10(18)2-4-12(15)13-5-3-11(19)9-16(13)14/h2-5,8-9,14H,6-7H2,1H3. The van der Waals surface area contributed by atoms with Crippen molar-refractivity contribution in [1.82, 2.24) is 0 Å². The Morgan fingerprint density at radius 1 is 1.05 bits per heavy atom. The first-order valence-electron chi connectivity index (χ1n) is 6.76. The van der Waals surface area contributed by atoms with Crippen LogP contribution in [0.3, 0.4) is 0 Å². The molecular formula is C17H14Br2O2.